The molecule has 0 radical (unpaired) electrons. The third-order valence-corrected chi connectivity index (χ3v) is 3.17. The minimum absolute atomic E-state index is 0.127. The zero-order chi connectivity index (χ0) is 12.8. The SMILES string of the molecule is CSCCC1NC(=O)C(CCC(=O)O)NC1=O. The summed E-state index contributed by atoms with van der Waals surface area (Å²) in [5, 5.41) is 13.7. The molecule has 1 aliphatic heterocycles. The molecule has 2 unspecified atom stereocenters. The van der Waals surface area contributed by atoms with Crippen LogP contribution in [-0.4, -0.2) is 47.0 Å². The molecule has 0 saturated carbocycles. The van der Waals surface area contributed by atoms with Crippen molar-refractivity contribution < 1.29 is 19.5 Å². The van der Waals surface area contributed by atoms with E-state index in [2.05, 4.69) is 10.6 Å². The smallest absolute Gasteiger partial charge is 0.303 e. The summed E-state index contributed by atoms with van der Waals surface area (Å²) in [5.41, 5.74) is 0. The van der Waals surface area contributed by atoms with E-state index in [1.54, 1.807) is 11.8 Å². The molecule has 1 fully saturated rings. The van der Waals surface area contributed by atoms with E-state index in [1.165, 1.54) is 0 Å². The number of amides is 2. The van der Waals surface area contributed by atoms with Gasteiger partial charge in [-0.3, -0.25) is 14.4 Å². The van der Waals surface area contributed by atoms with E-state index in [0.717, 1.165) is 5.75 Å². The molecule has 3 N–H and O–H groups in total. The summed E-state index contributed by atoms with van der Waals surface area (Å²) < 4.78 is 0. The summed E-state index contributed by atoms with van der Waals surface area (Å²) >= 11 is 1.60. The van der Waals surface area contributed by atoms with E-state index in [4.69, 9.17) is 5.11 Å². The highest BCUT2D eigenvalue weighted by Crippen LogP contribution is 2.08. The Labute approximate surface area is 104 Å². The van der Waals surface area contributed by atoms with Crippen LogP contribution in [0.3, 0.4) is 0 Å². The number of piperazine rings is 1. The molecule has 96 valence electrons. The molecule has 1 rings (SSSR count). The second-order valence-corrected chi connectivity index (χ2v) is 4.82. The molecule has 6 nitrogen and oxygen atoms in total. The van der Waals surface area contributed by atoms with Crippen molar-refractivity contribution in [2.24, 2.45) is 0 Å². The number of carbonyl (C=O) groups is 3. The fourth-order valence-corrected chi connectivity index (χ4v) is 2.06. The maximum Gasteiger partial charge on any atom is 0.303 e. The average Bonchev–Trinajstić information content (AvgIpc) is 2.27. The molecule has 0 aliphatic carbocycles. The molecular weight excluding hydrogens is 244 g/mol. The van der Waals surface area contributed by atoms with Gasteiger partial charge in [-0.1, -0.05) is 0 Å². The Morgan fingerprint density at radius 1 is 1.24 bits per heavy atom. The van der Waals surface area contributed by atoms with Crippen molar-refractivity contribution in [3.05, 3.63) is 0 Å². The molecule has 17 heavy (non-hydrogen) atoms. The van der Waals surface area contributed by atoms with Crippen LogP contribution in [0.15, 0.2) is 0 Å². The lowest BCUT2D eigenvalue weighted by molar-refractivity contribution is -0.139. The highest BCUT2D eigenvalue weighted by Gasteiger charge is 2.33. The zero-order valence-corrected chi connectivity index (χ0v) is 10.4. The minimum atomic E-state index is -0.975. The fourth-order valence-electron chi connectivity index (χ4n) is 1.59. The lowest BCUT2D eigenvalue weighted by Crippen LogP contribution is -2.61. The van der Waals surface area contributed by atoms with E-state index < -0.39 is 18.1 Å². The molecule has 0 aromatic carbocycles. The van der Waals surface area contributed by atoms with Crippen LogP contribution in [0.2, 0.25) is 0 Å². The van der Waals surface area contributed by atoms with Crippen LogP contribution in [-0.2, 0) is 14.4 Å². The molecule has 2 amide bonds. The molecule has 7 heteroatoms. The highest BCUT2D eigenvalue weighted by atomic mass is 32.2. The minimum Gasteiger partial charge on any atom is -0.481 e. The fraction of sp³-hybridized carbons (Fsp3) is 0.700. The second-order valence-electron chi connectivity index (χ2n) is 3.84. The van der Waals surface area contributed by atoms with Crippen LogP contribution < -0.4 is 10.6 Å². The van der Waals surface area contributed by atoms with Crippen LogP contribution >= 0.6 is 11.8 Å². The number of carboxylic acid groups (broad SMARTS) is 1. The van der Waals surface area contributed by atoms with E-state index in [1.807, 2.05) is 6.26 Å². The number of hydrogen-bond donors (Lipinski definition) is 3. The standard InChI is InChI=1S/C10H16N2O4S/c1-17-5-4-7-10(16)11-6(9(15)12-7)2-3-8(13)14/h6-7H,2-5H2,1H3,(H,11,16)(H,12,15)(H,13,14). The van der Waals surface area contributed by atoms with Crippen LogP contribution in [0.25, 0.3) is 0 Å². The van der Waals surface area contributed by atoms with Crippen LogP contribution in [0, 0.1) is 0 Å². The van der Waals surface area contributed by atoms with E-state index >= 15 is 0 Å². The molecule has 0 aromatic heterocycles. The lowest BCUT2D eigenvalue weighted by Gasteiger charge is -2.29. The molecular formula is C10H16N2O4S. The van der Waals surface area contributed by atoms with Crippen molar-refractivity contribution in [1.29, 1.82) is 0 Å². The first kappa shape index (κ1) is 13.8. The second kappa shape index (κ2) is 6.48. The van der Waals surface area contributed by atoms with Gasteiger partial charge in [-0.2, -0.15) is 11.8 Å². The monoisotopic (exact) mass is 260 g/mol. The Bertz CT molecular complexity index is 321. The summed E-state index contributed by atoms with van der Waals surface area (Å²) in [5.74, 6) is -0.708. The summed E-state index contributed by atoms with van der Waals surface area (Å²) in [4.78, 5) is 33.6. The van der Waals surface area contributed by atoms with Gasteiger partial charge in [0.15, 0.2) is 0 Å². The largest absolute Gasteiger partial charge is 0.481 e. The van der Waals surface area contributed by atoms with Gasteiger partial charge in [-0.05, 0) is 24.9 Å². The highest BCUT2D eigenvalue weighted by molar-refractivity contribution is 7.98. The Morgan fingerprint density at radius 3 is 2.24 bits per heavy atom. The lowest BCUT2D eigenvalue weighted by atomic mass is 10.0. The van der Waals surface area contributed by atoms with Crippen molar-refractivity contribution >= 4 is 29.5 Å². The summed E-state index contributed by atoms with van der Waals surface area (Å²) in [6, 6.07) is -1.21. The number of rotatable bonds is 6. The quantitative estimate of drug-likeness (QED) is 0.603. The van der Waals surface area contributed by atoms with Gasteiger partial charge in [-0.25, -0.2) is 0 Å². The number of carboxylic acids is 1. The third-order valence-electron chi connectivity index (χ3n) is 2.52. The van der Waals surface area contributed by atoms with E-state index in [0.29, 0.717) is 6.42 Å². The van der Waals surface area contributed by atoms with E-state index in [9.17, 15) is 14.4 Å². The van der Waals surface area contributed by atoms with E-state index in [-0.39, 0.29) is 24.7 Å². The number of nitrogens with one attached hydrogen (secondary N) is 2. The first-order valence-corrected chi connectivity index (χ1v) is 6.75. The summed E-state index contributed by atoms with van der Waals surface area (Å²) in [6.07, 6.45) is 2.51. The van der Waals surface area contributed by atoms with Gasteiger partial charge < -0.3 is 15.7 Å². The van der Waals surface area contributed by atoms with Crippen LogP contribution in [0.4, 0.5) is 0 Å². The molecule has 1 aliphatic rings. The van der Waals surface area contributed by atoms with Crippen LogP contribution in [0.5, 0.6) is 0 Å². The van der Waals surface area contributed by atoms with Crippen molar-refractivity contribution in [3.63, 3.8) is 0 Å². The van der Waals surface area contributed by atoms with Gasteiger partial charge in [-0.15, -0.1) is 0 Å². The molecule has 1 saturated heterocycles. The van der Waals surface area contributed by atoms with Gasteiger partial charge in [0, 0.05) is 6.42 Å². The maximum atomic E-state index is 11.6. The normalized spacial score (nSPS) is 24.1. The Kier molecular flexibility index (Phi) is 5.27. The number of thioether (sulfide) groups is 1. The van der Waals surface area contributed by atoms with Crippen LogP contribution in [0.1, 0.15) is 19.3 Å². The summed E-state index contributed by atoms with van der Waals surface area (Å²) in [6.45, 7) is 0. The maximum absolute atomic E-state index is 11.6. The van der Waals surface area contributed by atoms with Gasteiger partial charge in [0.2, 0.25) is 11.8 Å². The first-order chi connectivity index (χ1) is 8.04. The van der Waals surface area contributed by atoms with Crippen molar-refractivity contribution in [3.8, 4) is 0 Å². The summed E-state index contributed by atoms with van der Waals surface area (Å²) in [7, 11) is 0. The Morgan fingerprint density at radius 2 is 1.76 bits per heavy atom. The molecule has 0 spiro atoms. The molecule has 2 atom stereocenters. The molecule has 1 heterocycles. The number of carbonyl (C=O) groups excluding carboxylic acids is 2. The predicted molar refractivity (Wildman–Crippen MR) is 63.7 cm³/mol. The first-order valence-electron chi connectivity index (χ1n) is 5.36. The topological polar surface area (TPSA) is 95.5 Å². The van der Waals surface area contributed by atoms with Crippen molar-refractivity contribution in [2.45, 2.75) is 31.3 Å². The van der Waals surface area contributed by atoms with Gasteiger partial charge in [0.25, 0.3) is 0 Å². The van der Waals surface area contributed by atoms with Crippen molar-refractivity contribution in [2.75, 3.05) is 12.0 Å². The van der Waals surface area contributed by atoms with Gasteiger partial charge in [0.1, 0.15) is 12.1 Å². The third kappa shape index (κ3) is 4.26. The molecule has 0 aromatic rings. The average molecular weight is 260 g/mol. The Hall–Kier alpha value is -1.24. The van der Waals surface area contributed by atoms with Gasteiger partial charge >= 0.3 is 5.97 Å². The number of aliphatic carboxylic acids is 1. The predicted octanol–water partition coefficient (Wildman–Crippen LogP) is -0.412. The number of hydrogen-bond acceptors (Lipinski definition) is 4. The molecule has 0 bridgehead atoms. The zero-order valence-electron chi connectivity index (χ0n) is 9.56. The van der Waals surface area contributed by atoms with Crippen molar-refractivity contribution in [1.82, 2.24) is 10.6 Å². The Balaban J connectivity index is 2.46. The van der Waals surface area contributed by atoms with Gasteiger partial charge in [0.05, 0.1) is 0 Å².